The number of alkyl halides is 3. The van der Waals surface area contributed by atoms with Crippen LogP contribution in [0, 0.1) is 0 Å². The van der Waals surface area contributed by atoms with Crippen LogP contribution < -0.4 is 10.5 Å². The zero-order chi connectivity index (χ0) is 13.2. The molecule has 5 heteroatoms. The van der Waals surface area contributed by atoms with Gasteiger partial charge in [-0.3, -0.25) is 0 Å². The molecule has 0 saturated heterocycles. The van der Waals surface area contributed by atoms with Gasteiger partial charge in [-0.05, 0) is 55.0 Å². The number of hydrogen-bond acceptors (Lipinski definition) is 2. The highest BCUT2D eigenvalue weighted by atomic mass is 19.4. The second-order valence-electron chi connectivity index (χ2n) is 4.59. The minimum Gasteiger partial charge on any atom is -0.484 e. The molecule has 0 spiro atoms. The SMILES string of the molecule is NCC1CCCc2cc(OCC(F)(F)F)ccc21. The van der Waals surface area contributed by atoms with E-state index in [2.05, 4.69) is 0 Å². The van der Waals surface area contributed by atoms with Gasteiger partial charge in [-0.25, -0.2) is 0 Å². The van der Waals surface area contributed by atoms with Crippen LogP contribution in [0.1, 0.15) is 29.9 Å². The van der Waals surface area contributed by atoms with Gasteiger partial charge in [-0.15, -0.1) is 0 Å². The molecule has 0 radical (unpaired) electrons. The van der Waals surface area contributed by atoms with Crippen LogP contribution in [0.2, 0.25) is 0 Å². The molecular weight excluding hydrogens is 243 g/mol. The van der Waals surface area contributed by atoms with Crippen molar-refractivity contribution in [3.05, 3.63) is 29.3 Å². The van der Waals surface area contributed by atoms with Gasteiger partial charge >= 0.3 is 6.18 Å². The summed E-state index contributed by atoms with van der Waals surface area (Å²) in [7, 11) is 0. The maximum absolute atomic E-state index is 12.1. The normalized spacial score (nSPS) is 19.4. The Morgan fingerprint density at radius 1 is 1.33 bits per heavy atom. The summed E-state index contributed by atoms with van der Waals surface area (Å²) in [5, 5.41) is 0. The summed E-state index contributed by atoms with van der Waals surface area (Å²) in [6, 6.07) is 5.15. The Hall–Kier alpha value is -1.23. The van der Waals surface area contributed by atoms with E-state index in [1.165, 1.54) is 0 Å². The lowest BCUT2D eigenvalue weighted by Crippen LogP contribution is -2.20. The second-order valence-corrected chi connectivity index (χ2v) is 4.59. The molecule has 2 nitrogen and oxygen atoms in total. The minimum atomic E-state index is -4.30. The fourth-order valence-electron chi connectivity index (χ4n) is 2.39. The standard InChI is InChI=1S/C13H16F3NO/c14-13(15,16)8-18-11-4-5-12-9(6-11)2-1-3-10(12)7-17/h4-6,10H,1-3,7-8,17H2. The van der Waals surface area contributed by atoms with Gasteiger partial charge < -0.3 is 10.5 Å². The van der Waals surface area contributed by atoms with Crippen molar-refractivity contribution in [2.45, 2.75) is 31.4 Å². The van der Waals surface area contributed by atoms with Gasteiger partial charge in [0, 0.05) is 0 Å². The maximum atomic E-state index is 12.1. The van der Waals surface area contributed by atoms with Gasteiger partial charge in [0.2, 0.25) is 0 Å². The van der Waals surface area contributed by atoms with Gasteiger partial charge in [0.25, 0.3) is 0 Å². The minimum absolute atomic E-state index is 0.281. The Morgan fingerprint density at radius 3 is 2.78 bits per heavy atom. The van der Waals surface area contributed by atoms with Gasteiger partial charge in [0.1, 0.15) is 5.75 Å². The van der Waals surface area contributed by atoms with Crippen molar-refractivity contribution in [1.82, 2.24) is 0 Å². The molecule has 1 aliphatic carbocycles. The van der Waals surface area contributed by atoms with Crippen LogP contribution in [0.15, 0.2) is 18.2 Å². The van der Waals surface area contributed by atoms with E-state index in [9.17, 15) is 13.2 Å². The third kappa shape index (κ3) is 3.16. The predicted molar refractivity (Wildman–Crippen MR) is 62.7 cm³/mol. The first-order valence-electron chi connectivity index (χ1n) is 6.02. The third-order valence-electron chi connectivity index (χ3n) is 3.24. The van der Waals surface area contributed by atoms with Gasteiger partial charge in [-0.1, -0.05) is 6.07 Å². The van der Waals surface area contributed by atoms with E-state index in [4.69, 9.17) is 10.5 Å². The molecule has 100 valence electrons. The molecule has 1 aromatic carbocycles. The Morgan fingerprint density at radius 2 is 2.11 bits per heavy atom. The number of halogens is 3. The summed E-state index contributed by atoms with van der Waals surface area (Å²) < 4.78 is 40.9. The van der Waals surface area contributed by atoms with Crippen molar-refractivity contribution in [3.63, 3.8) is 0 Å². The van der Waals surface area contributed by atoms with Crippen LogP contribution in [-0.4, -0.2) is 19.3 Å². The van der Waals surface area contributed by atoms with Crippen molar-refractivity contribution in [3.8, 4) is 5.75 Å². The van der Waals surface area contributed by atoms with E-state index in [-0.39, 0.29) is 5.75 Å². The number of fused-ring (bicyclic) bond motifs is 1. The second kappa shape index (κ2) is 5.18. The Labute approximate surface area is 104 Å². The summed E-state index contributed by atoms with van der Waals surface area (Å²) in [6.45, 7) is -0.665. The summed E-state index contributed by atoms with van der Waals surface area (Å²) in [4.78, 5) is 0. The van der Waals surface area contributed by atoms with E-state index in [1.807, 2.05) is 6.07 Å². The van der Waals surface area contributed by atoms with E-state index < -0.39 is 12.8 Å². The van der Waals surface area contributed by atoms with Crippen LogP contribution in [-0.2, 0) is 6.42 Å². The molecule has 0 heterocycles. The zero-order valence-electron chi connectivity index (χ0n) is 9.96. The van der Waals surface area contributed by atoms with Crippen molar-refractivity contribution in [2.75, 3.05) is 13.2 Å². The number of ether oxygens (including phenoxy) is 1. The molecule has 1 aliphatic rings. The molecule has 1 atom stereocenters. The van der Waals surface area contributed by atoms with Gasteiger partial charge in [0.05, 0.1) is 0 Å². The summed E-state index contributed by atoms with van der Waals surface area (Å²) in [6.07, 6.45) is -1.34. The highest BCUT2D eigenvalue weighted by molar-refractivity contribution is 5.39. The molecule has 0 fully saturated rings. The van der Waals surface area contributed by atoms with Crippen molar-refractivity contribution in [2.24, 2.45) is 5.73 Å². The first kappa shape index (κ1) is 13.2. The number of rotatable bonds is 3. The van der Waals surface area contributed by atoms with Crippen LogP contribution >= 0.6 is 0 Å². The monoisotopic (exact) mass is 259 g/mol. The topological polar surface area (TPSA) is 35.2 Å². The molecule has 0 amide bonds. The molecule has 18 heavy (non-hydrogen) atoms. The van der Waals surface area contributed by atoms with E-state index in [1.54, 1.807) is 12.1 Å². The van der Waals surface area contributed by atoms with Gasteiger partial charge in [-0.2, -0.15) is 13.2 Å². The smallest absolute Gasteiger partial charge is 0.422 e. The van der Waals surface area contributed by atoms with Crippen molar-refractivity contribution < 1.29 is 17.9 Å². The quantitative estimate of drug-likeness (QED) is 0.905. The largest absolute Gasteiger partial charge is 0.484 e. The fourth-order valence-corrected chi connectivity index (χ4v) is 2.39. The molecule has 0 bridgehead atoms. The molecule has 0 aliphatic heterocycles. The molecule has 0 saturated carbocycles. The Balaban J connectivity index is 2.12. The first-order valence-corrected chi connectivity index (χ1v) is 6.02. The summed E-state index contributed by atoms with van der Waals surface area (Å²) in [5.74, 6) is 0.606. The highest BCUT2D eigenvalue weighted by Crippen LogP contribution is 2.33. The number of hydrogen-bond donors (Lipinski definition) is 1. The fraction of sp³-hybridized carbons (Fsp3) is 0.538. The third-order valence-corrected chi connectivity index (χ3v) is 3.24. The van der Waals surface area contributed by atoms with E-state index in [0.717, 1.165) is 30.4 Å². The molecule has 1 unspecified atom stereocenters. The Bertz CT molecular complexity index is 417. The molecular formula is C13H16F3NO. The molecule has 1 aromatic rings. The zero-order valence-corrected chi connectivity index (χ0v) is 9.96. The lowest BCUT2D eigenvalue weighted by atomic mass is 9.83. The van der Waals surface area contributed by atoms with Crippen molar-refractivity contribution in [1.29, 1.82) is 0 Å². The molecule has 2 rings (SSSR count). The summed E-state index contributed by atoms with van der Waals surface area (Å²) in [5.41, 5.74) is 7.91. The average molecular weight is 259 g/mol. The van der Waals surface area contributed by atoms with E-state index >= 15 is 0 Å². The maximum Gasteiger partial charge on any atom is 0.422 e. The lowest BCUT2D eigenvalue weighted by Gasteiger charge is -2.24. The van der Waals surface area contributed by atoms with Crippen LogP contribution in [0.4, 0.5) is 13.2 Å². The van der Waals surface area contributed by atoms with Crippen LogP contribution in [0.25, 0.3) is 0 Å². The average Bonchev–Trinajstić information content (AvgIpc) is 2.34. The first-order chi connectivity index (χ1) is 8.49. The Kier molecular flexibility index (Phi) is 3.80. The van der Waals surface area contributed by atoms with Crippen LogP contribution in [0.3, 0.4) is 0 Å². The van der Waals surface area contributed by atoms with Crippen molar-refractivity contribution >= 4 is 0 Å². The highest BCUT2D eigenvalue weighted by Gasteiger charge is 2.28. The molecule has 0 aromatic heterocycles. The van der Waals surface area contributed by atoms with Gasteiger partial charge in [0.15, 0.2) is 6.61 Å². The van der Waals surface area contributed by atoms with E-state index in [0.29, 0.717) is 12.5 Å². The predicted octanol–water partition coefficient (Wildman–Crippen LogP) is 3.01. The number of aryl methyl sites for hydroxylation is 1. The summed E-state index contributed by atoms with van der Waals surface area (Å²) >= 11 is 0. The molecule has 2 N–H and O–H groups in total. The van der Waals surface area contributed by atoms with Crippen LogP contribution in [0.5, 0.6) is 5.75 Å². The number of benzene rings is 1. The lowest BCUT2D eigenvalue weighted by molar-refractivity contribution is -0.153. The number of nitrogens with two attached hydrogens (primary N) is 1.